The average Bonchev–Trinajstić information content (AvgIpc) is 3.21. The second-order valence-corrected chi connectivity index (χ2v) is 8.72. The van der Waals surface area contributed by atoms with Crippen LogP contribution in [0.1, 0.15) is 50.9 Å². The summed E-state index contributed by atoms with van der Waals surface area (Å²) in [4.78, 5) is 42.6. The third-order valence-electron chi connectivity index (χ3n) is 6.62. The normalized spacial score (nSPS) is 15.8. The molecule has 0 radical (unpaired) electrons. The van der Waals surface area contributed by atoms with Gasteiger partial charge in [-0.25, -0.2) is 0 Å². The van der Waals surface area contributed by atoms with Gasteiger partial charge in [-0.2, -0.15) is 0 Å². The van der Waals surface area contributed by atoms with E-state index in [2.05, 4.69) is 5.32 Å². The third kappa shape index (κ3) is 4.04. The van der Waals surface area contributed by atoms with Crippen molar-refractivity contribution in [2.24, 2.45) is 0 Å². The number of benzene rings is 3. The summed E-state index contributed by atoms with van der Waals surface area (Å²) < 4.78 is 10.6. The van der Waals surface area contributed by atoms with Crippen molar-refractivity contribution in [3.8, 4) is 11.5 Å². The van der Waals surface area contributed by atoms with Gasteiger partial charge in [-0.15, -0.1) is 0 Å². The Labute approximate surface area is 209 Å². The number of hydrogen-bond donors (Lipinski definition) is 1. The molecule has 0 aromatic heterocycles. The average molecular weight is 486 g/mol. The molecule has 184 valence electrons. The second kappa shape index (κ2) is 9.73. The Balaban J connectivity index is 1.27. The first-order valence-corrected chi connectivity index (χ1v) is 11.8. The zero-order valence-corrected chi connectivity index (χ0v) is 20.2. The Morgan fingerprint density at radius 3 is 2.39 bits per heavy atom. The number of para-hydroxylation sites is 1. The Bertz CT molecular complexity index is 1340. The smallest absolute Gasteiger partial charge is 0.260 e. The molecule has 1 atom stereocenters. The number of carbonyl (C=O) groups excluding carboxylic acids is 3. The molecule has 8 heteroatoms. The summed E-state index contributed by atoms with van der Waals surface area (Å²) in [6, 6.07) is 20.1. The fourth-order valence-electron chi connectivity index (χ4n) is 4.89. The molecule has 8 nitrogen and oxygen atoms in total. The number of fused-ring (bicyclic) bond motifs is 5. The summed E-state index contributed by atoms with van der Waals surface area (Å²) in [7, 11) is 3.14. The molecule has 36 heavy (non-hydrogen) atoms. The molecule has 1 N–H and O–H groups in total. The van der Waals surface area contributed by atoms with E-state index in [1.165, 1.54) is 0 Å². The monoisotopic (exact) mass is 485 g/mol. The fraction of sp³-hybridized carbons (Fsp3) is 0.250. The number of carbonyl (C=O) groups is 3. The lowest BCUT2D eigenvalue weighted by Gasteiger charge is -2.41. The summed E-state index contributed by atoms with van der Waals surface area (Å²) in [5, 5.41) is 2.92. The van der Waals surface area contributed by atoms with Crippen LogP contribution in [0.3, 0.4) is 0 Å². The molecule has 2 heterocycles. The van der Waals surface area contributed by atoms with Gasteiger partial charge in [-0.1, -0.05) is 36.4 Å². The van der Waals surface area contributed by atoms with Gasteiger partial charge in [0, 0.05) is 30.6 Å². The number of hydrogen-bond acceptors (Lipinski definition) is 5. The Morgan fingerprint density at radius 1 is 0.889 bits per heavy atom. The largest absolute Gasteiger partial charge is 0.493 e. The van der Waals surface area contributed by atoms with Gasteiger partial charge in [0.2, 0.25) is 5.91 Å². The molecule has 2 aliphatic heterocycles. The van der Waals surface area contributed by atoms with Crippen LogP contribution in [0.4, 0.5) is 5.69 Å². The van der Waals surface area contributed by atoms with Crippen LogP contribution < -0.4 is 19.7 Å². The van der Waals surface area contributed by atoms with E-state index >= 15 is 0 Å². The molecule has 0 aliphatic carbocycles. The lowest BCUT2D eigenvalue weighted by atomic mass is 10.0. The number of methoxy groups -OCH3 is 2. The van der Waals surface area contributed by atoms with Gasteiger partial charge in [0.25, 0.3) is 11.8 Å². The number of nitrogens with zero attached hydrogens (tertiary/aromatic N) is 2. The lowest BCUT2D eigenvalue weighted by molar-refractivity contribution is -0.121. The standard InChI is InChI=1S/C28H27N3O5/c1-35-23-14-13-18(16-24(23)36-2)17-29-25(32)12-7-15-30-26-19-8-3-4-9-20(19)28(34)31(26)22-11-6-5-10-21(22)27(30)33/h3-6,8-11,13-14,16,26H,7,12,15,17H2,1-2H3,(H,29,32)/t26-/m1/s1. The highest BCUT2D eigenvalue weighted by atomic mass is 16.5. The molecule has 0 bridgehead atoms. The highest BCUT2D eigenvalue weighted by Gasteiger charge is 2.47. The van der Waals surface area contributed by atoms with E-state index in [0.29, 0.717) is 47.8 Å². The molecule has 0 saturated carbocycles. The van der Waals surface area contributed by atoms with E-state index in [1.807, 2.05) is 42.5 Å². The van der Waals surface area contributed by atoms with Crippen molar-refractivity contribution in [2.45, 2.75) is 25.6 Å². The van der Waals surface area contributed by atoms with Gasteiger partial charge in [0.15, 0.2) is 11.5 Å². The minimum Gasteiger partial charge on any atom is -0.493 e. The maximum absolute atomic E-state index is 13.4. The maximum Gasteiger partial charge on any atom is 0.260 e. The summed E-state index contributed by atoms with van der Waals surface area (Å²) >= 11 is 0. The number of rotatable bonds is 8. The first kappa shape index (κ1) is 23.4. The highest BCUT2D eigenvalue weighted by Crippen LogP contribution is 2.45. The molecule has 0 spiro atoms. The predicted molar refractivity (Wildman–Crippen MR) is 134 cm³/mol. The van der Waals surface area contributed by atoms with E-state index in [9.17, 15) is 14.4 Å². The summed E-state index contributed by atoms with van der Waals surface area (Å²) in [5.74, 6) is 0.857. The summed E-state index contributed by atoms with van der Waals surface area (Å²) in [5.41, 5.74) is 3.42. The van der Waals surface area contributed by atoms with Gasteiger partial charge in [-0.3, -0.25) is 19.3 Å². The van der Waals surface area contributed by atoms with E-state index < -0.39 is 6.17 Å². The first-order chi connectivity index (χ1) is 17.5. The van der Waals surface area contributed by atoms with E-state index in [4.69, 9.17) is 9.47 Å². The van der Waals surface area contributed by atoms with Crippen LogP contribution in [0.25, 0.3) is 0 Å². The fourth-order valence-corrected chi connectivity index (χ4v) is 4.89. The van der Waals surface area contributed by atoms with Crippen molar-refractivity contribution in [1.29, 1.82) is 0 Å². The quantitative estimate of drug-likeness (QED) is 0.523. The van der Waals surface area contributed by atoms with E-state index in [-0.39, 0.29) is 24.1 Å². The SMILES string of the molecule is COc1ccc(CNC(=O)CCCN2C(=O)c3ccccc3N3C(=O)c4ccccc4[C@H]23)cc1OC. The Hall–Kier alpha value is -4.33. The van der Waals surface area contributed by atoms with Crippen LogP contribution in [0.5, 0.6) is 11.5 Å². The molecule has 0 fully saturated rings. The van der Waals surface area contributed by atoms with Crippen molar-refractivity contribution in [3.63, 3.8) is 0 Å². The van der Waals surface area contributed by atoms with E-state index in [1.54, 1.807) is 48.3 Å². The van der Waals surface area contributed by atoms with Crippen molar-refractivity contribution in [3.05, 3.63) is 89.0 Å². The van der Waals surface area contributed by atoms with Crippen LogP contribution in [0.15, 0.2) is 66.7 Å². The lowest BCUT2D eigenvalue weighted by Crippen LogP contribution is -2.48. The van der Waals surface area contributed by atoms with Crippen LogP contribution in [0, 0.1) is 0 Å². The van der Waals surface area contributed by atoms with E-state index in [0.717, 1.165) is 11.1 Å². The second-order valence-electron chi connectivity index (χ2n) is 8.72. The van der Waals surface area contributed by atoms with Crippen LogP contribution in [-0.4, -0.2) is 43.4 Å². The zero-order valence-electron chi connectivity index (χ0n) is 20.2. The molecule has 3 aromatic carbocycles. The van der Waals surface area contributed by atoms with Crippen molar-refractivity contribution in [1.82, 2.24) is 10.2 Å². The van der Waals surface area contributed by atoms with Crippen molar-refractivity contribution >= 4 is 23.4 Å². The van der Waals surface area contributed by atoms with Gasteiger partial charge in [-0.05, 0) is 42.3 Å². The van der Waals surface area contributed by atoms with Crippen molar-refractivity contribution < 1.29 is 23.9 Å². The topological polar surface area (TPSA) is 88.2 Å². The van der Waals surface area contributed by atoms with Crippen molar-refractivity contribution in [2.75, 3.05) is 25.7 Å². The third-order valence-corrected chi connectivity index (χ3v) is 6.62. The number of amides is 3. The van der Waals surface area contributed by atoms with Crippen LogP contribution in [0.2, 0.25) is 0 Å². The first-order valence-electron chi connectivity index (χ1n) is 11.8. The van der Waals surface area contributed by atoms with Crippen LogP contribution in [-0.2, 0) is 11.3 Å². The molecule has 0 saturated heterocycles. The Morgan fingerprint density at radius 2 is 1.61 bits per heavy atom. The van der Waals surface area contributed by atoms with Gasteiger partial charge < -0.3 is 19.7 Å². The highest BCUT2D eigenvalue weighted by molar-refractivity contribution is 6.16. The Kier molecular flexibility index (Phi) is 6.33. The predicted octanol–water partition coefficient (Wildman–Crippen LogP) is 3.92. The molecule has 0 unspecified atom stereocenters. The molecular formula is C28H27N3O5. The van der Waals surface area contributed by atoms with Gasteiger partial charge in [0.05, 0.1) is 25.5 Å². The van der Waals surface area contributed by atoms with Gasteiger partial charge >= 0.3 is 0 Å². The number of nitrogens with one attached hydrogen (secondary N) is 1. The zero-order chi connectivity index (χ0) is 25.2. The molecule has 3 aromatic rings. The summed E-state index contributed by atoms with van der Waals surface area (Å²) in [6.45, 7) is 0.702. The maximum atomic E-state index is 13.4. The van der Waals surface area contributed by atoms with Gasteiger partial charge in [0.1, 0.15) is 6.17 Å². The minimum atomic E-state index is -0.508. The molecule has 5 rings (SSSR count). The molecular weight excluding hydrogens is 458 g/mol. The minimum absolute atomic E-state index is 0.116. The number of anilines is 1. The molecule has 2 aliphatic rings. The van der Waals surface area contributed by atoms with Crippen LogP contribution >= 0.6 is 0 Å². The number of ether oxygens (including phenoxy) is 2. The molecule has 3 amide bonds. The summed E-state index contributed by atoms with van der Waals surface area (Å²) in [6.07, 6.45) is 0.207.